The van der Waals surface area contributed by atoms with E-state index in [0.717, 1.165) is 16.8 Å². The Morgan fingerprint density at radius 2 is 1.76 bits per heavy atom. The molecule has 4 aromatic rings. The predicted octanol–water partition coefficient (Wildman–Crippen LogP) is 5.81. The summed E-state index contributed by atoms with van der Waals surface area (Å²) in [6, 6.07) is 5.09. The number of fused-ring (bicyclic) bond motifs is 1. The summed E-state index contributed by atoms with van der Waals surface area (Å²) in [5.41, 5.74) is 5.07. The van der Waals surface area contributed by atoms with Gasteiger partial charge in [-0.15, -0.1) is 0 Å². The molecule has 0 aliphatic rings. The number of amides is 1. The quantitative estimate of drug-likeness (QED) is 0.382. The zero-order valence-corrected chi connectivity index (χ0v) is 20.9. The molecule has 8 heteroatoms. The minimum Gasteiger partial charge on any atom is -0.496 e. The van der Waals surface area contributed by atoms with Gasteiger partial charge in [0.15, 0.2) is 11.6 Å². The number of halogens is 1. The summed E-state index contributed by atoms with van der Waals surface area (Å²) in [7, 11) is 3.45. The molecule has 3 heterocycles. The van der Waals surface area contributed by atoms with Crippen molar-refractivity contribution in [3.05, 3.63) is 59.4 Å². The van der Waals surface area contributed by atoms with E-state index in [1.165, 1.54) is 17.9 Å². The highest BCUT2D eigenvalue weighted by molar-refractivity contribution is 6.08. The molecule has 178 valence electrons. The molecule has 7 nitrogen and oxygen atoms in total. The highest BCUT2D eigenvalue weighted by atomic mass is 19.1. The van der Waals surface area contributed by atoms with Crippen LogP contribution in [0.3, 0.4) is 0 Å². The molecule has 0 bridgehead atoms. The average Bonchev–Trinajstić information content (AvgIpc) is 3.14. The first-order valence-electron chi connectivity index (χ1n) is 11.1. The maximum absolute atomic E-state index is 14.9. The molecule has 34 heavy (non-hydrogen) atoms. The van der Waals surface area contributed by atoms with Gasteiger partial charge in [-0.05, 0) is 44.0 Å². The summed E-state index contributed by atoms with van der Waals surface area (Å²) < 4.78 is 22.3. The molecular weight excluding hydrogens is 433 g/mol. The second-order valence-corrected chi connectivity index (χ2v) is 7.83. The fraction of sp³-hybridized carbons (Fsp3) is 0.308. The maximum atomic E-state index is 14.9. The van der Waals surface area contributed by atoms with Crippen LogP contribution in [0.15, 0.2) is 36.8 Å². The van der Waals surface area contributed by atoms with Gasteiger partial charge in [0.25, 0.3) is 0 Å². The van der Waals surface area contributed by atoms with E-state index in [4.69, 9.17) is 4.74 Å². The van der Waals surface area contributed by atoms with Gasteiger partial charge in [-0.2, -0.15) is 5.10 Å². The Labute approximate surface area is 199 Å². The Balaban J connectivity index is 0.00000158. The fourth-order valence-electron chi connectivity index (χ4n) is 3.95. The minimum atomic E-state index is -0.568. The van der Waals surface area contributed by atoms with Gasteiger partial charge in [0.2, 0.25) is 5.91 Å². The highest BCUT2D eigenvalue weighted by Gasteiger charge is 2.25. The number of benzene rings is 1. The molecule has 0 saturated heterocycles. The molecule has 0 radical (unpaired) electrons. The van der Waals surface area contributed by atoms with Crippen LogP contribution in [0.25, 0.3) is 22.0 Å². The maximum Gasteiger partial charge on any atom is 0.229 e. The van der Waals surface area contributed by atoms with Crippen molar-refractivity contribution in [3.63, 3.8) is 0 Å². The normalized spacial score (nSPS) is 10.6. The van der Waals surface area contributed by atoms with Crippen LogP contribution < -0.4 is 9.64 Å². The van der Waals surface area contributed by atoms with Crippen LogP contribution in [-0.2, 0) is 11.8 Å². The smallest absolute Gasteiger partial charge is 0.229 e. The molecule has 0 unspecified atom stereocenters. The van der Waals surface area contributed by atoms with E-state index in [1.807, 2.05) is 53.1 Å². The first kappa shape index (κ1) is 24.8. The van der Waals surface area contributed by atoms with Crippen molar-refractivity contribution >= 4 is 28.3 Å². The summed E-state index contributed by atoms with van der Waals surface area (Å²) in [6.07, 6.45) is 5.11. The lowest BCUT2D eigenvalue weighted by Gasteiger charge is -2.24. The minimum absolute atomic E-state index is 0.0476. The SMILES string of the molecule is CC.COc1cc2ncc(C)c(N(C(C)=O)c3ncc(C)cc3F)c2cc1-c1cn(C)nc1C. The van der Waals surface area contributed by atoms with E-state index in [0.29, 0.717) is 33.5 Å². The van der Waals surface area contributed by atoms with E-state index in [1.54, 1.807) is 31.1 Å². The lowest BCUT2D eigenvalue weighted by atomic mass is 10.00. The molecule has 1 aromatic carbocycles. The number of pyridine rings is 2. The molecule has 0 N–H and O–H groups in total. The van der Waals surface area contributed by atoms with Gasteiger partial charge in [0.05, 0.1) is 24.0 Å². The Kier molecular flexibility index (Phi) is 7.29. The van der Waals surface area contributed by atoms with E-state index >= 15 is 0 Å². The second-order valence-electron chi connectivity index (χ2n) is 7.83. The Morgan fingerprint density at radius 3 is 2.32 bits per heavy atom. The largest absolute Gasteiger partial charge is 0.496 e. The second kappa shape index (κ2) is 9.99. The monoisotopic (exact) mass is 463 g/mol. The number of aromatic nitrogens is 4. The van der Waals surface area contributed by atoms with Crippen LogP contribution >= 0.6 is 0 Å². The Morgan fingerprint density at radius 1 is 1.06 bits per heavy atom. The number of methoxy groups -OCH3 is 1. The van der Waals surface area contributed by atoms with Gasteiger partial charge < -0.3 is 4.74 Å². The number of aryl methyl sites for hydroxylation is 4. The summed E-state index contributed by atoms with van der Waals surface area (Å²) in [5.74, 6) is -0.342. The van der Waals surface area contributed by atoms with Crippen LogP contribution in [0, 0.1) is 26.6 Å². The topological polar surface area (TPSA) is 73.1 Å². The summed E-state index contributed by atoms with van der Waals surface area (Å²) >= 11 is 0. The van der Waals surface area contributed by atoms with Crippen molar-refractivity contribution in [3.8, 4) is 16.9 Å². The Bertz CT molecular complexity index is 1360. The lowest BCUT2D eigenvalue weighted by Crippen LogP contribution is -2.26. The van der Waals surface area contributed by atoms with Gasteiger partial charge in [-0.25, -0.2) is 9.37 Å². The molecule has 0 aliphatic heterocycles. The van der Waals surface area contributed by atoms with Crippen LogP contribution in [0.4, 0.5) is 15.9 Å². The molecular formula is C26H30FN5O2. The van der Waals surface area contributed by atoms with Crippen LogP contribution in [-0.4, -0.2) is 32.8 Å². The first-order valence-corrected chi connectivity index (χ1v) is 11.1. The van der Waals surface area contributed by atoms with Crippen molar-refractivity contribution in [2.45, 2.75) is 41.5 Å². The van der Waals surface area contributed by atoms with Crippen molar-refractivity contribution in [1.82, 2.24) is 19.7 Å². The van der Waals surface area contributed by atoms with Gasteiger partial charge in [-0.1, -0.05) is 13.8 Å². The zero-order valence-electron chi connectivity index (χ0n) is 20.9. The van der Waals surface area contributed by atoms with Crippen molar-refractivity contribution in [2.75, 3.05) is 12.0 Å². The molecule has 0 aliphatic carbocycles. The molecule has 4 rings (SSSR count). The molecule has 0 spiro atoms. The number of nitrogens with zero attached hydrogens (tertiary/aromatic N) is 5. The van der Waals surface area contributed by atoms with Crippen LogP contribution in [0.2, 0.25) is 0 Å². The highest BCUT2D eigenvalue weighted by Crippen LogP contribution is 2.41. The van der Waals surface area contributed by atoms with Gasteiger partial charge >= 0.3 is 0 Å². The first-order chi connectivity index (χ1) is 16.2. The lowest BCUT2D eigenvalue weighted by molar-refractivity contribution is -0.115. The van der Waals surface area contributed by atoms with Gasteiger partial charge in [0.1, 0.15) is 5.75 Å². The van der Waals surface area contributed by atoms with Crippen LogP contribution in [0.1, 0.15) is 37.6 Å². The number of anilines is 2. The predicted molar refractivity (Wildman–Crippen MR) is 133 cm³/mol. The molecule has 1 amide bonds. The van der Waals surface area contributed by atoms with Crippen LogP contribution in [0.5, 0.6) is 5.75 Å². The number of carbonyl (C=O) groups is 1. The Hall–Kier alpha value is -3.81. The number of ether oxygens (including phenoxy) is 1. The molecule has 0 saturated carbocycles. The van der Waals surface area contributed by atoms with E-state index in [2.05, 4.69) is 15.1 Å². The van der Waals surface area contributed by atoms with Crippen molar-refractivity contribution < 1.29 is 13.9 Å². The van der Waals surface area contributed by atoms with E-state index < -0.39 is 5.82 Å². The fourth-order valence-corrected chi connectivity index (χ4v) is 3.95. The summed E-state index contributed by atoms with van der Waals surface area (Å²) in [6.45, 7) is 10.9. The van der Waals surface area contributed by atoms with Gasteiger partial charge in [0, 0.05) is 55.1 Å². The number of hydrogen-bond acceptors (Lipinski definition) is 5. The molecule has 0 atom stereocenters. The zero-order chi connectivity index (χ0) is 25.2. The number of rotatable bonds is 4. The standard InChI is InChI=1S/C24H24FN5O2.C2H6/c1-13-7-20(25)24(27-10-13)30(16(4)31)23-14(2)11-26-21-9-22(32-6)17(8-18(21)23)19-12-29(5)28-15(19)3;1-2/h7-12H,1-6H3;1-2H3. The van der Waals surface area contributed by atoms with E-state index in [9.17, 15) is 9.18 Å². The summed E-state index contributed by atoms with van der Waals surface area (Å²) in [4.78, 5) is 22.8. The number of hydrogen-bond donors (Lipinski definition) is 0. The third-order valence-electron chi connectivity index (χ3n) is 5.36. The van der Waals surface area contributed by atoms with E-state index in [-0.39, 0.29) is 11.7 Å². The third kappa shape index (κ3) is 4.48. The summed E-state index contributed by atoms with van der Waals surface area (Å²) in [5, 5.41) is 5.12. The molecule has 3 aromatic heterocycles. The van der Waals surface area contributed by atoms with Crippen molar-refractivity contribution in [1.29, 1.82) is 0 Å². The molecule has 0 fully saturated rings. The third-order valence-corrected chi connectivity index (χ3v) is 5.36. The van der Waals surface area contributed by atoms with Crippen molar-refractivity contribution in [2.24, 2.45) is 7.05 Å². The number of carbonyl (C=O) groups excluding carboxylic acids is 1. The average molecular weight is 464 g/mol. The van der Waals surface area contributed by atoms with Gasteiger partial charge in [-0.3, -0.25) is 19.4 Å².